The Balaban J connectivity index is 3.28. The zero-order valence-electron chi connectivity index (χ0n) is 8.79. The Kier molecular flexibility index (Phi) is 3.93. The molecule has 0 aliphatic carbocycles. The lowest BCUT2D eigenvalue weighted by Crippen LogP contribution is -2.33. The van der Waals surface area contributed by atoms with Gasteiger partial charge >= 0.3 is 5.69 Å². The first kappa shape index (κ1) is 14.0. The summed E-state index contributed by atoms with van der Waals surface area (Å²) in [7, 11) is -4.39. The highest BCUT2D eigenvalue weighted by Gasteiger charge is 2.29. The molecule has 18 heavy (non-hydrogen) atoms. The van der Waals surface area contributed by atoms with Crippen LogP contribution in [-0.2, 0) is 14.8 Å². The van der Waals surface area contributed by atoms with E-state index in [0.29, 0.717) is 0 Å². The topological polar surface area (TPSA) is 132 Å². The zero-order chi connectivity index (χ0) is 13.9. The molecule has 0 heterocycles. The van der Waals surface area contributed by atoms with E-state index in [0.717, 1.165) is 18.2 Å². The third-order valence-corrected chi connectivity index (χ3v) is 3.29. The van der Waals surface area contributed by atoms with Gasteiger partial charge in [-0.2, -0.15) is 4.39 Å². The van der Waals surface area contributed by atoms with Gasteiger partial charge in [0.05, 0.1) is 11.5 Å². The summed E-state index contributed by atoms with van der Waals surface area (Å²) in [6.07, 6.45) is 0. The fraction of sp³-hybridized carbons (Fsp3) is 0.125. The molecular weight excluding hydrogens is 269 g/mol. The molecule has 10 heteroatoms. The molecule has 0 aliphatic heterocycles. The van der Waals surface area contributed by atoms with Crippen LogP contribution >= 0.6 is 0 Å². The van der Waals surface area contributed by atoms with Crippen LogP contribution in [-0.4, -0.2) is 25.8 Å². The molecule has 8 nitrogen and oxygen atoms in total. The molecular formula is C8H8FN3O5S. The van der Waals surface area contributed by atoms with Gasteiger partial charge in [0.1, 0.15) is 0 Å². The molecule has 1 rings (SSSR count). The Morgan fingerprint density at radius 2 is 2.11 bits per heavy atom. The first-order chi connectivity index (χ1) is 8.25. The quantitative estimate of drug-likeness (QED) is 0.553. The van der Waals surface area contributed by atoms with Gasteiger partial charge in [-0.1, -0.05) is 6.07 Å². The first-order valence-electron chi connectivity index (χ1n) is 4.46. The minimum Gasteiger partial charge on any atom is -0.369 e. The van der Waals surface area contributed by atoms with Crippen LogP contribution in [0.4, 0.5) is 10.1 Å². The number of nitro benzene ring substituents is 1. The van der Waals surface area contributed by atoms with Gasteiger partial charge in [0, 0.05) is 0 Å². The van der Waals surface area contributed by atoms with E-state index in [-0.39, 0.29) is 0 Å². The maximum absolute atomic E-state index is 13.2. The van der Waals surface area contributed by atoms with E-state index in [9.17, 15) is 27.7 Å². The smallest absolute Gasteiger partial charge is 0.324 e. The van der Waals surface area contributed by atoms with Crippen molar-refractivity contribution in [3.05, 3.63) is 34.1 Å². The molecule has 0 radical (unpaired) electrons. The van der Waals surface area contributed by atoms with Gasteiger partial charge in [-0.3, -0.25) is 14.9 Å². The first-order valence-corrected chi connectivity index (χ1v) is 5.95. The minimum absolute atomic E-state index is 0.740. The summed E-state index contributed by atoms with van der Waals surface area (Å²) in [5.41, 5.74) is 3.55. The van der Waals surface area contributed by atoms with Crippen molar-refractivity contribution in [3.63, 3.8) is 0 Å². The van der Waals surface area contributed by atoms with Crippen molar-refractivity contribution in [2.75, 3.05) is 6.54 Å². The molecule has 1 amide bonds. The van der Waals surface area contributed by atoms with Crippen LogP contribution in [0.3, 0.4) is 0 Å². The lowest BCUT2D eigenvalue weighted by molar-refractivity contribution is -0.390. The van der Waals surface area contributed by atoms with Crippen molar-refractivity contribution in [2.45, 2.75) is 4.90 Å². The fourth-order valence-electron chi connectivity index (χ4n) is 1.13. The number of nitrogens with zero attached hydrogens (tertiary/aromatic N) is 1. The molecule has 0 atom stereocenters. The molecule has 0 saturated carbocycles. The minimum atomic E-state index is -4.39. The Bertz CT molecular complexity index is 601. The van der Waals surface area contributed by atoms with Gasteiger partial charge in [-0.05, 0) is 12.1 Å². The Labute approximate surface area is 101 Å². The van der Waals surface area contributed by atoms with E-state index in [4.69, 9.17) is 5.73 Å². The van der Waals surface area contributed by atoms with Crippen LogP contribution in [0.1, 0.15) is 0 Å². The normalized spacial score (nSPS) is 11.2. The van der Waals surface area contributed by atoms with Crippen molar-refractivity contribution < 1.29 is 22.5 Å². The number of halogens is 1. The molecule has 0 aromatic heterocycles. The average Bonchev–Trinajstić information content (AvgIpc) is 2.25. The second kappa shape index (κ2) is 5.06. The number of hydrogen-bond acceptors (Lipinski definition) is 5. The Morgan fingerprint density at radius 1 is 1.50 bits per heavy atom. The second-order valence-corrected chi connectivity index (χ2v) is 4.87. The molecule has 3 N–H and O–H groups in total. The number of carbonyl (C=O) groups excluding carboxylic acids is 1. The van der Waals surface area contributed by atoms with E-state index in [2.05, 4.69) is 0 Å². The number of carbonyl (C=O) groups is 1. The van der Waals surface area contributed by atoms with Gasteiger partial charge in [0.2, 0.25) is 21.7 Å². The number of hydrogen-bond donors (Lipinski definition) is 2. The molecule has 0 fully saturated rings. The summed E-state index contributed by atoms with van der Waals surface area (Å²) in [6, 6.07) is 2.61. The van der Waals surface area contributed by atoms with Crippen LogP contribution in [0.5, 0.6) is 0 Å². The van der Waals surface area contributed by atoms with Crippen molar-refractivity contribution in [1.82, 2.24) is 4.72 Å². The van der Waals surface area contributed by atoms with Crippen molar-refractivity contribution in [2.24, 2.45) is 5.73 Å². The third kappa shape index (κ3) is 2.99. The van der Waals surface area contributed by atoms with Crippen molar-refractivity contribution >= 4 is 21.6 Å². The highest BCUT2D eigenvalue weighted by Crippen LogP contribution is 2.26. The number of para-hydroxylation sites is 1. The number of nitrogens with one attached hydrogen (secondary N) is 1. The molecule has 98 valence electrons. The summed E-state index contributed by atoms with van der Waals surface area (Å²) in [5.74, 6) is -2.26. The standard InChI is InChI=1S/C8H8FN3O5S/c9-5-2-1-3-6(8(5)12(14)15)18(16,17)11-4-7(10)13/h1-3,11H,4H2,(H2,10,13). The molecule has 0 bridgehead atoms. The van der Waals surface area contributed by atoms with Crippen LogP contribution in [0.25, 0.3) is 0 Å². The zero-order valence-corrected chi connectivity index (χ0v) is 9.61. The average molecular weight is 277 g/mol. The SMILES string of the molecule is NC(=O)CNS(=O)(=O)c1cccc(F)c1[N+](=O)[O-]. The number of primary amides is 1. The van der Waals surface area contributed by atoms with Gasteiger partial charge in [0.15, 0.2) is 4.90 Å². The predicted octanol–water partition coefficient (Wildman–Crippen LogP) is -0.502. The maximum atomic E-state index is 13.2. The molecule has 1 aromatic carbocycles. The van der Waals surface area contributed by atoms with E-state index in [1.165, 1.54) is 0 Å². The summed E-state index contributed by atoms with van der Waals surface area (Å²) in [4.78, 5) is 19.0. The maximum Gasteiger partial charge on any atom is 0.324 e. The largest absolute Gasteiger partial charge is 0.369 e. The monoisotopic (exact) mass is 277 g/mol. The Hall–Kier alpha value is -2.07. The summed E-state index contributed by atoms with van der Waals surface area (Å²) >= 11 is 0. The highest BCUT2D eigenvalue weighted by atomic mass is 32.2. The third-order valence-electron chi connectivity index (χ3n) is 1.86. The number of nitrogens with two attached hydrogens (primary N) is 1. The van der Waals surface area contributed by atoms with Crippen LogP contribution in [0.2, 0.25) is 0 Å². The second-order valence-electron chi connectivity index (χ2n) is 3.13. The van der Waals surface area contributed by atoms with Gasteiger partial charge in [0.25, 0.3) is 0 Å². The van der Waals surface area contributed by atoms with Crippen LogP contribution in [0, 0.1) is 15.9 Å². The lowest BCUT2D eigenvalue weighted by atomic mass is 10.3. The number of sulfonamides is 1. The number of nitro groups is 1. The number of benzene rings is 1. The summed E-state index contributed by atoms with van der Waals surface area (Å²) in [5, 5.41) is 10.6. The molecule has 0 saturated heterocycles. The highest BCUT2D eigenvalue weighted by molar-refractivity contribution is 7.89. The summed E-state index contributed by atoms with van der Waals surface area (Å²) < 4.78 is 38.2. The fourth-order valence-corrected chi connectivity index (χ4v) is 2.31. The van der Waals surface area contributed by atoms with E-state index < -0.39 is 43.8 Å². The van der Waals surface area contributed by atoms with Crippen LogP contribution < -0.4 is 10.5 Å². The molecule has 0 spiro atoms. The van der Waals surface area contributed by atoms with Crippen molar-refractivity contribution in [3.8, 4) is 0 Å². The van der Waals surface area contributed by atoms with E-state index in [1.54, 1.807) is 4.72 Å². The molecule has 1 aromatic rings. The molecule has 0 aliphatic rings. The number of amides is 1. The van der Waals surface area contributed by atoms with Gasteiger partial charge in [-0.15, -0.1) is 0 Å². The Morgan fingerprint density at radius 3 is 2.61 bits per heavy atom. The van der Waals surface area contributed by atoms with Gasteiger partial charge < -0.3 is 5.73 Å². The predicted molar refractivity (Wildman–Crippen MR) is 57.4 cm³/mol. The number of rotatable bonds is 5. The van der Waals surface area contributed by atoms with Crippen LogP contribution in [0.15, 0.2) is 23.1 Å². The van der Waals surface area contributed by atoms with Crippen molar-refractivity contribution in [1.29, 1.82) is 0 Å². The van der Waals surface area contributed by atoms with E-state index in [1.807, 2.05) is 0 Å². The molecule has 0 unspecified atom stereocenters. The van der Waals surface area contributed by atoms with Gasteiger partial charge in [-0.25, -0.2) is 13.1 Å². The summed E-state index contributed by atoms with van der Waals surface area (Å²) in [6.45, 7) is -0.740. The lowest BCUT2D eigenvalue weighted by Gasteiger charge is -2.05. The van der Waals surface area contributed by atoms with E-state index >= 15 is 0 Å².